The van der Waals surface area contributed by atoms with E-state index in [-0.39, 0.29) is 0 Å². The fourth-order valence-corrected chi connectivity index (χ4v) is 2.25. The van der Waals surface area contributed by atoms with Crippen molar-refractivity contribution in [3.05, 3.63) is 59.2 Å². The highest BCUT2D eigenvalue weighted by Gasteiger charge is 2.03. The van der Waals surface area contributed by atoms with Gasteiger partial charge in [-0.3, -0.25) is 0 Å². The van der Waals surface area contributed by atoms with Gasteiger partial charge in [-0.2, -0.15) is 0 Å². The van der Waals surface area contributed by atoms with Crippen LogP contribution in [-0.4, -0.2) is 6.54 Å². The lowest BCUT2D eigenvalue weighted by atomic mass is 9.96. The number of hydrogen-bond donors (Lipinski definition) is 1. The van der Waals surface area contributed by atoms with Crippen LogP contribution in [0.2, 0.25) is 0 Å². The minimum atomic E-state index is 0.758. The Morgan fingerprint density at radius 3 is 2.61 bits per heavy atom. The van der Waals surface area contributed by atoms with Gasteiger partial charge in [0.1, 0.15) is 0 Å². The van der Waals surface area contributed by atoms with Gasteiger partial charge in [0.25, 0.3) is 0 Å². The van der Waals surface area contributed by atoms with E-state index in [1.165, 1.54) is 27.8 Å². The topological polar surface area (TPSA) is 26.0 Å². The molecule has 0 aromatic heterocycles. The van der Waals surface area contributed by atoms with Crippen molar-refractivity contribution in [1.29, 1.82) is 0 Å². The first-order valence-corrected chi connectivity index (χ1v) is 6.57. The van der Waals surface area contributed by atoms with Gasteiger partial charge in [0.2, 0.25) is 0 Å². The van der Waals surface area contributed by atoms with Crippen molar-refractivity contribution in [2.75, 3.05) is 6.54 Å². The van der Waals surface area contributed by atoms with Gasteiger partial charge in [0, 0.05) is 0 Å². The highest BCUT2D eigenvalue weighted by molar-refractivity contribution is 5.68. The van der Waals surface area contributed by atoms with Gasteiger partial charge in [-0.1, -0.05) is 48.0 Å². The summed E-state index contributed by atoms with van der Waals surface area (Å²) in [6, 6.07) is 15.4. The zero-order valence-electron chi connectivity index (χ0n) is 11.2. The summed E-state index contributed by atoms with van der Waals surface area (Å²) in [6.07, 6.45) is 2.12. The van der Waals surface area contributed by atoms with E-state index < -0.39 is 0 Å². The van der Waals surface area contributed by atoms with Crippen LogP contribution < -0.4 is 5.73 Å². The normalized spacial score (nSPS) is 10.6. The maximum absolute atomic E-state index is 5.57. The maximum atomic E-state index is 5.57. The van der Waals surface area contributed by atoms with Gasteiger partial charge in [-0.25, -0.2) is 0 Å². The zero-order valence-corrected chi connectivity index (χ0v) is 11.2. The summed E-state index contributed by atoms with van der Waals surface area (Å²) in [4.78, 5) is 0. The Balaban J connectivity index is 2.35. The third kappa shape index (κ3) is 2.99. The molecule has 0 radical (unpaired) electrons. The van der Waals surface area contributed by atoms with Crippen LogP contribution in [0.25, 0.3) is 11.1 Å². The first kappa shape index (κ1) is 12.8. The number of rotatable bonds is 4. The minimum Gasteiger partial charge on any atom is -0.330 e. The second-order valence-electron chi connectivity index (χ2n) is 4.91. The smallest absolute Gasteiger partial charge is 0.00741 e. The van der Waals surface area contributed by atoms with E-state index in [1.54, 1.807) is 0 Å². The van der Waals surface area contributed by atoms with Crippen molar-refractivity contribution < 1.29 is 0 Å². The number of nitrogens with two attached hydrogens (primary N) is 1. The second-order valence-corrected chi connectivity index (χ2v) is 4.91. The summed E-state index contributed by atoms with van der Waals surface area (Å²) in [6.45, 7) is 5.07. The maximum Gasteiger partial charge on any atom is -0.00741 e. The molecule has 0 atom stereocenters. The lowest BCUT2D eigenvalue weighted by Gasteiger charge is -2.09. The quantitative estimate of drug-likeness (QED) is 0.861. The van der Waals surface area contributed by atoms with Gasteiger partial charge in [-0.15, -0.1) is 0 Å². The third-order valence-electron chi connectivity index (χ3n) is 3.30. The molecule has 1 heteroatoms. The van der Waals surface area contributed by atoms with Crippen LogP contribution in [-0.2, 0) is 6.42 Å². The Kier molecular flexibility index (Phi) is 4.16. The summed E-state index contributed by atoms with van der Waals surface area (Å²) in [7, 11) is 0. The van der Waals surface area contributed by atoms with Crippen LogP contribution in [0.4, 0.5) is 0 Å². The predicted molar refractivity (Wildman–Crippen MR) is 78.7 cm³/mol. The fraction of sp³-hybridized carbons (Fsp3) is 0.294. The van der Waals surface area contributed by atoms with Crippen LogP contribution >= 0.6 is 0 Å². The lowest BCUT2D eigenvalue weighted by Crippen LogP contribution is -2.00. The molecule has 0 spiro atoms. The van der Waals surface area contributed by atoms with Crippen molar-refractivity contribution in [2.24, 2.45) is 5.73 Å². The molecule has 2 aromatic rings. The van der Waals surface area contributed by atoms with E-state index in [0.717, 1.165) is 19.4 Å². The van der Waals surface area contributed by atoms with Gasteiger partial charge in [0.15, 0.2) is 0 Å². The second kappa shape index (κ2) is 5.83. The van der Waals surface area contributed by atoms with Crippen molar-refractivity contribution >= 4 is 0 Å². The fourth-order valence-electron chi connectivity index (χ4n) is 2.25. The minimum absolute atomic E-state index is 0.758. The molecule has 0 bridgehead atoms. The van der Waals surface area contributed by atoms with Gasteiger partial charge in [0.05, 0.1) is 0 Å². The SMILES string of the molecule is Cc1ccc(C)c(-c2cccc(CCCN)c2)c1. The first-order chi connectivity index (χ1) is 8.70. The Labute approximate surface area is 110 Å². The van der Waals surface area contributed by atoms with Gasteiger partial charge >= 0.3 is 0 Å². The average Bonchev–Trinajstić information content (AvgIpc) is 2.39. The summed E-state index contributed by atoms with van der Waals surface area (Å²) in [5, 5.41) is 0. The van der Waals surface area contributed by atoms with E-state index in [4.69, 9.17) is 5.73 Å². The van der Waals surface area contributed by atoms with Crippen LogP contribution in [0.5, 0.6) is 0 Å². The zero-order chi connectivity index (χ0) is 13.0. The summed E-state index contributed by atoms with van der Waals surface area (Å²) < 4.78 is 0. The van der Waals surface area contributed by atoms with Crippen molar-refractivity contribution in [1.82, 2.24) is 0 Å². The van der Waals surface area contributed by atoms with E-state index in [0.29, 0.717) is 0 Å². The molecule has 0 aliphatic carbocycles. The summed E-state index contributed by atoms with van der Waals surface area (Å²) in [5.74, 6) is 0. The molecule has 2 rings (SSSR count). The average molecular weight is 239 g/mol. The Hall–Kier alpha value is -1.60. The molecular weight excluding hydrogens is 218 g/mol. The van der Waals surface area contributed by atoms with Crippen molar-refractivity contribution in [3.8, 4) is 11.1 Å². The lowest BCUT2D eigenvalue weighted by molar-refractivity contribution is 0.833. The van der Waals surface area contributed by atoms with Crippen molar-refractivity contribution in [2.45, 2.75) is 26.7 Å². The summed E-state index contributed by atoms with van der Waals surface area (Å²) in [5.41, 5.74) is 12.2. The molecule has 0 fully saturated rings. The standard InChI is InChI=1S/C17H21N/c1-13-8-9-14(2)17(11-13)16-7-3-5-15(12-16)6-4-10-18/h3,5,7-9,11-12H,4,6,10,18H2,1-2H3. The van der Waals surface area contributed by atoms with E-state index >= 15 is 0 Å². The molecule has 0 unspecified atom stereocenters. The molecule has 0 aliphatic heterocycles. The Bertz CT molecular complexity index is 529. The van der Waals surface area contributed by atoms with Gasteiger partial charge < -0.3 is 5.73 Å². The van der Waals surface area contributed by atoms with Crippen LogP contribution in [0.3, 0.4) is 0 Å². The molecule has 1 nitrogen and oxygen atoms in total. The number of benzene rings is 2. The molecule has 18 heavy (non-hydrogen) atoms. The molecule has 0 aliphatic rings. The number of hydrogen-bond acceptors (Lipinski definition) is 1. The predicted octanol–water partition coefficient (Wildman–Crippen LogP) is 3.86. The van der Waals surface area contributed by atoms with E-state index in [1.807, 2.05) is 0 Å². The molecule has 2 aromatic carbocycles. The Morgan fingerprint density at radius 1 is 1.00 bits per heavy atom. The first-order valence-electron chi connectivity index (χ1n) is 6.57. The third-order valence-corrected chi connectivity index (χ3v) is 3.30. The van der Waals surface area contributed by atoms with E-state index in [2.05, 4.69) is 56.3 Å². The van der Waals surface area contributed by atoms with E-state index in [9.17, 15) is 0 Å². The van der Waals surface area contributed by atoms with Gasteiger partial charge in [-0.05, 0) is 55.5 Å². The molecule has 94 valence electrons. The highest BCUT2D eigenvalue weighted by atomic mass is 14.5. The molecule has 2 N–H and O–H groups in total. The summed E-state index contributed by atoms with van der Waals surface area (Å²) >= 11 is 0. The monoisotopic (exact) mass is 239 g/mol. The molecule has 0 amide bonds. The van der Waals surface area contributed by atoms with Crippen LogP contribution in [0.15, 0.2) is 42.5 Å². The number of aryl methyl sites for hydroxylation is 3. The molecule has 0 saturated carbocycles. The van der Waals surface area contributed by atoms with Crippen LogP contribution in [0.1, 0.15) is 23.1 Å². The Morgan fingerprint density at radius 2 is 1.83 bits per heavy atom. The van der Waals surface area contributed by atoms with Crippen molar-refractivity contribution in [3.63, 3.8) is 0 Å². The van der Waals surface area contributed by atoms with Crippen LogP contribution in [0, 0.1) is 13.8 Å². The molecule has 0 saturated heterocycles. The highest BCUT2D eigenvalue weighted by Crippen LogP contribution is 2.25. The molecular formula is C17H21N. The molecule has 0 heterocycles. The largest absolute Gasteiger partial charge is 0.330 e.